The molecule has 0 unspecified atom stereocenters. The van der Waals surface area contributed by atoms with E-state index in [-0.39, 0.29) is 23.8 Å². The lowest BCUT2D eigenvalue weighted by Gasteiger charge is -2.26. The number of hydrogen-bond donors (Lipinski definition) is 0. The van der Waals surface area contributed by atoms with Crippen LogP contribution in [0, 0.1) is 35.5 Å². The third-order valence-corrected chi connectivity index (χ3v) is 5.52. The molecule has 4 bridgehead atoms. The Bertz CT molecular complexity index is 498. The molecule has 1 heterocycles. The molecule has 0 radical (unpaired) electrons. The Kier molecular flexibility index (Phi) is 1.22. The highest BCUT2D eigenvalue weighted by molar-refractivity contribution is 5.98. The standard InChI is InChI=1S/C14H12O3/c15-13-11-7-4-8(12(11)14(16)17-13)10-6-2-1-5(3-6)9(7)10/h1-2,5-8,11-12H,3-4H2/t5-,6-,7-,8-,11+,12+/m0/s1. The third-order valence-electron chi connectivity index (χ3n) is 5.52. The molecule has 5 aliphatic rings. The average molecular weight is 228 g/mol. The van der Waals surface area contributed by atoms with E-state index >= 15 is 0 Å². The second kappa shape index (κ2) is 2.40. The van der Waals surface area contributed by atoms with E-state index in [2.05, 4.69) is 12.2 Å². The smallest absolute Gasteiger partial charge is 0.318 e. The summed E-state index contributed by atoms with van der Waals surface area (Å²) in [6.45, 7) is 0. The monoisotopic (exact) mass is 228 g/mol. The molecule has 2 fully saturated rings. The SMILES string of the molecule is O=C1OC(=O)[C@H]2[C@H]1[C@H]1C[C@H]2C2=C1[C@H]1C=C[C@H]2C1. The van der Waals surface area contributed by atoms with Crippen LogP contribution in [0.5, 0.6) is 0 Å². The number of rotatable bonds is 0. The molecule has 4 aliphatic carbocycles. The zero-order valence-corrected chi connectivity index (χ0v) is 9.26. The first-order valence-electron chi connectivity index (χ1n) is 6.43. The summed E-state index contributed by atoms with van der Waals surface area (Å²) in [4.78, 5) is 23.5. The molecule has 6 atom stereocenters. The van der Waals surface area contributed by atoms with Gasteiger partial charge in [-0.3, -0.25) is 9.59 Å². The minimum absolute atomic E-state index is 0.140. The Morgan fingerprint density at radius 1 is 0.882 bits per heavy atom. The van der Waals surface area contributed by atoms with E-state index in [0.717, 1.165) is 6.42 Å². The maximum atomic E-state index is 11.8. The van der Waals surface area contributed by atoms with Crippen molar-refractivity contribution in [3.05, 3.63) is 23.3 Å². The molecule has 0 amide bonds. The van der Waals surface area contributed by atoms with Gasteiger partial charge in [0.2, 0.25) is 0 Å². The van der Waals surface area contributed by atoms with Gasteiger partial charge in [-0.1, -0.05) is 23.3 Å². The van der Waals surface area contributed by atoms with E-state index in [1.54, 1.807) is 0 Å². The highest BCUT2D eigenvalue weighted by atomic mass is 16.6. The van der Waals surface area contributed by atoms with Crippen molar-refractivity contribution >= 4 is 11.9 Å². The minimum atomic E-state index is -0.259. The van der Waals surface area contributed by atoms with E-state index in [1.807, 2.05) is 0 Å². The van der Waals surface area contributed by atoms with E-state index in [0.29, 0.717) is 23.7 Å². The van der Waals surface area contributed by atoms with Crippen LogP contribution in [-0.4, -0.2) is 11.9 Å². The normalized spacial score (nSPS) is 52.5. The van der Waals surface area contributed by atoms with Crippen LogP contribution in [0.3, 0.4) is 0 Å². The fourth-order valence-corrected chi connectivity index (χ4v) is 5.13. The van der Waals surface area contributed by atoms with Crippen LogP contribution in [0.15, 0.2) is 23.3 Å². The Labute approximate surface area is 98.5 Å². The van der Waals surface area contributed by atoms with E-state index < -0.39 is 0 Å². The van der Waals surface area contributed by atoms with Crippen LogP contribution in [-0.2, 0) is 14.3 Å². The molecule has 3 nitrogen and oxygen atoms in total. The second-order valence-electron chi connectivity index (χ2n) is 5.98. The summed E-state index contributed by atoms with van der Waals surface area (Å²) in [7, 11) is 0. The summed E-state index contributed by atoms with van der Waals surface area (Å²) < 4.78 is 4.84. The van der Waals surface area contributed by atoms with E-state index in [1.165, 1.54) is 17.6 Å². The number of ether oxygens (including phenoxy) is 1. The largest absolute Gasteiger partial charge is 0.393 e. The molecule has 0 aromatic rings. The molecule has 0 aromatic heterocycles. The quantitative estimate of drug-likeness (QED) is 0.273. The summed E-state index contributed by atoms with van der Waals surface area (Å²) in [6.07, 6.45) is 6.80. The minimum Gasteiger partial charge on any atom is -0.393 e. The summed E-state index contributed by atoms with van der Waals surface area (Å²) >= 11 is 0. The summed E-state index contributed by atoms with van der Waals surface area (Å²) in [6, 6.07) is 0. The lowest BCUT2D eigenvalue weighted by molar-refractivity contribution is -0.154. The summed E-state index contributed by atoms with van der Waals surface area (Å²) in [5, 5.41) is 0. The lowest BCUT2D eigenvalue weighted by atomic mass is 9.74. The molecule has 1 saturated carbocycles. The zero-order valence-electron chi connectivity index (χ0n) is 9.26. The van der Waals surface area contributed by atoms with Gasteiger partial charge in [0, 0.05) is 0 Å². The van der Waals surface area contributed by atoms with E-state index in [9.17, 15) is 9.59 Å². The van der Waals surface area contributed by atoms with Gasteiger partial charge in [0.25, 0.3) is 0 Å². The first kappa shape index (κ1) is 8.67. The summed E-state index contributed by atoms with van der Waals surface area (Å²) in [5.74, 6) is 0.969. The first-order valence-corrected chi connectivity index (χ1v) is 6.43. The molecule has 0 aromatic carbocycles. The average Bonchev–Trinajstić information content (AvgIpc) is 3.03. The van der Waals surface area contributed by atoms with Crippen molar-refractivity contribution in [1.82, 2.24) is 0 Å². The van der Waals surface area contributed by atoms with Crippen LogP contribution >= 0.6 is 0 Å². The van der Waals surface area contributed by atoms with Crippen molar-refractivity contribution in [1.29, 1.82) is 0 Å². The highest BCUT2D eigenvalue weighted by Crippen LogP contribution is 2.66. The first-order chi connectivity index (χ1) is 8.25. The predicted octanol–water partition coefficient (Wildman–Crippen LogP) is 1.45. The van der Waals surface area contributed by atoms with Gasteiger partial charge in [-0.2, -0.15) is 0 Å². The van der Waals surface area contributed by atoms with Crippen LogP contribution in [0.1, 0.15) is 12.8 Å². The zero-order chi connectivity index (χ0) is 11.3. The van der Waals surface area contributed by atoms with Gasteiger partial charge < -0.3 is 4.74 Å². The van der Waals surface area contributed by atoms with Crippen molar-refractivity contribution in [3.63, 3.8) is 0 Å². The number of carbonyl (C=O) groups is 2. The van der Waals surface area contributed by atoms with Crippen molar-refractivity contribution in [2.75, 3.05) is 0 Å². The molecular weight excluding hydrogens is 216 g/mol. The van der Waals surface area contributed by atoms with Crippen molar-refractivity contribution in [2.24, 2.45) is 35.5 Å². The van der Waals surface area contributed by atoms with Crippen LogP contribution in [0.25, 0.3) is 0 Å². The summed E-state index contributed by atoms with van der Waals surface area (Å²) in [5.41, 5.74) is 3.02. The molecule has 1 aliphatic heterocycles. The fraction of sp³-hybridized carbons (Fsp3) is 0.571. The Hall–Kier alpha value is -1.38. The van der Waals surface area contributed by atoms with Crippen molar-refractivity contribution < 1.29 is 14.3 Å². The Morgan fingerprint density at radius 2 is 1.41 bits per heavy atom. The topological polar surface area (TPSA) is 43.4 Å². The number of carbonyl (C=O) groups excluding carboxylic acids is 2. The van der Waals surface area contributed by atoms with Gasteiger partial charge in [0.15, 0.2) is 0 Å². The van der Waals surface area contributed by atoms with Crippen LogP contribution in [0.4, 0.5) is 0 Å². The number of allylic oxidation sites excluding steroid dienone is 4. The highest BCUT2D eigenvalue weighted by Gasteiger charge is 2.65. The van der Waals surface area contributed by atoms with Gasteiger partial charge in [0.1, 0.15) is 0 Å². The van der Waals surface area contributed by atoms with E-state index in [4.69, 9.17) is 4.74 Å². The van der Waals surface area contributed by atoms with Gasteiger partial charge in [0.05, 0.1) is 11.8 Å². The number of esters is 2. The maximum Gasteiger partial charge on any atom is 0.318 e. The maximum absolute atomic E-state index is 11.8. The Morgan fingerprint density at radius 3 is 1.94 bits per heavy atom. The van der Waals surface area contributed by atoms with Gasteiger partial charge in [-0.05, 0) is 36.5 Å². The molecule has 0 spiro atoms. The van der Waals surface area contributed by atoms with Gasteiger partial charge in [-0.15, -0.1) is 0 Å². The van der Waals surface area contributed by atoms with Gasteiger partial charge >= 0.3 is 11.9 Å². The number of hydrogen-bond acceptors (Lipinski definition) is 3. The molecule has 1 saturated heterocycles. The molecule has 0 N–H and O–H groups in total. The molecule has 17 heavy (non-hydrogen) atoms. The van der Waals surface area contributed by atoms with Crippen LogP contribution < -0.4 is 0 Å². The molecular formula is C14H12O3. The Balaban J connectivity index is 1.69. The van der Waals surface area contributed by atoms with Crippen molar-refractivity contribution in [3.8, 4) is 0 Å². The number of fused-ring (bicyclic) bond motifs is 11. The third kappa shape index (κ3) is 0.753. The molecule has 3 heteroatoms. The molecule has 86 valence electrons. The van der Waals surface area contributed by atoms with Crippen molar-refractivity contribution in [2.45, 2.75) is 12.8 Å². The molecule has 5 rings (SSSR count). The number of cyclic esters (lactones) is 2. The predicted molar refractivity (Wildman–Crippen MR) is 57.4 cm³/mol. The van der Waals surface area contributed by atoms with Crippen LogP contribution in [0.2, 0.25) is 0 Å². The second-order valence-corrected chi connectivity index (χ2v) is 5.98. The van der Waals surface area contributed by atoms with Gasteiger partial charge in [-0.25, -0.2) is 0 Å². The lowest BCUT2D eigenvalue weighted by Crippen LogP contribution is -2.28. The fourth-order valence-electron chi connectivity index (χ4n) is 5.13.